The number of unbranched alkanes of at least 4 members (excludes halogenated alkanes) is 3. The maximum atomic E-state index is 11.8. The molecular weight excluding hydrogens is 337 g/mol. The van der Waals surface area contributed by atoms with Crippen molar-refractivity contribution in [2.45, 2.75) is 32.1 Å². The second-order valence-electron chi connectivity index (χ2n) is 4.86. The highest BCUT2D eigenvalue weighted by molar-refractivity contribution is 5.90. The zero-order valence-electron chi connectivity index (χ0n) is 12.9. The maximum Gasteiger partial charge on any atom is 0.224 e. The molecule has 2 aromatic rings. The molecule has 8 heteroatoms. The fraction of sp³-hybridized carbons (Fsp3) is 0.400. The predicted octanol–water partition coefficient (Wildman–Crippen LogP) is 2.96. The highest BCUT2D eigenvalue weighted by Gasteiger charge is 2.03. The minimum Gasteiger partial charge on any atom is -0.330 e. The van der Waals surface area contributed by atoms with Crippen LogP contribution < -0.4 is 11.1 Å². The van der Waals surface area contributed by atoms with Gasteiger partial charge in [-0.15, -0.1) is 24.8 Å². The molecule has 128 valence electrons. The average Bonchev–Trinajstić information content (AvgIpc) is 3.02. The third-order valence-corrected chi connectivity index (χ3v) is 3.13. The van der Waals surface area contributed by atoms with E-state index < -0.39 is 0 Å². The number of amides is 1. The van der Waals surface area contributed by atoms with E-state index in [1.165, 1.54) is 0 Å². The summed E-state index contributed by atoms with van der Waals surface area (Å²) in [5, 5.41) is 6.95. The minimum absolute atomic E-state index is 0. The Labute approximate surface area is 148 Å². The Kier molecular flexibility index (Phi) is 11.0. The van der Waals surface area contributed by atoms with Crippen molar-refractivity contribution in [2.24, 2.45) is 5.73 Å². The zero-order chi connectivity index (χ0) is 14.9. The lowest BCUT2D eigenvalue weighted by molar-refractivity contribution is -0.116. The van der Waals surface area contributed by atoms with Crippen molar-refractivity contribution in [3.63, 3.8) is 0 Å². The third kappa shape index (κ3) is 7.45. The number of carbonyl (C=O) groups is 1. The molecule has 0 bridgehead atoms. The second kappa shape index (κ2) is 11.9. The minimum atomic E-state index is 0. The highest BCUT2D eigenvalue weighted by atomic mass is 35.5. The van der Waals surface area contributed by atoms with Crippen molar-refractivity contribution >= 4 is 36.4 Å². The first-order valence-corrected chi connectivity index (χ1v) is 7.25. The van der Waals surface area contributed by atoms with E-state index >= 15 is 0 Å². The Morgan fingerprint density at radius 1 is 1.17 bits per heavy atom. The fourth-order valence-electron chi connectivity index (χ4n) is 2.01. The van der Waals surface area contributed by atoms with Gasteiger partial charge in [-0.05, 0) is 37.6 Å². The van der Waals surface area contributed by atoms with Crippen molar-refractivity contribution in [2.75, 3.05) is 11.9 Å². The Bertz CT molecular complexity index is 546. The van der Waals surface area contributed by atoms with Crippen LogP contribution in [0, 0.1) is 0 Å². The molecule has 0 aliphatic rings. The summed E-state index contributed by atoms with van der Waals surface area (Å²) in [6.45, 7) is 0.723. The average molecular weight is 360 g/mol. The van der Waals surface area contributed by atoms with Crippen molar-refractivity contribution in [1.29, 1.82) is 0 Å². The number of halogens is 2. The summed E-state index contributed by atoms with van der Waals surface area (Å²) >= 11 is 0. The van der Waals surface area contributed by atoms with Crippen LogP contribution in [0.15, 0.2) is 36.8 Å². The number of hydrogen-bond acceptors (Lipinski definition) is 4. The number of nitrogens with zero attached hydrogens (tertiary/aromatic N) is 3. The van der Waals surface area contributed by atoms with Crippen LogP contribution in [0.5, 0.6) is 0 Å². The summed E-state index contributed by atoms with van der Waals surface area (Å²) in [7, 11) is 0. The Morgan fingerprint density at radius 2 is 1.96 bits per heavy atom. The van der Waals surface area contributed by atoms with Gasteiger partial charge in [0.1, 0.15) is 0 Å². The number of aromatic nitrogens is 3. The summed E-state index contributed by atoms with van der Waals surface area (Å²) in [5.74, 6) is 0.746. The van der Waals surface area contributed by atoms with E-state index in [4.69, 9.17) is 5.73 Å². The first-order chi connectivity index (χ1) is 10.3. The summed E-state index contributed by atoms with van der Waals surface area (Å²) in [6.07, 6.45) is 9.74. The largest absolute Gasteiger partial charge is 0.330 e. The maximum absolute atomic E-state index is 11.8. The predicted molar refractivity (Wildman–Crippen MR) is 96.6 cm³/mol. The van der Waals surface area contributed by atoms with E-state index in [1.807, 2.05) is 24.4 Å². The number of nitrogens with two attached hydrogens (primary N) is 1. The van der Waals surface area contributed by atoms with Crippen molar-refractivity contribution in [3.8, 4) is 5.82 Å². The van der Waals surface area contributed by atoms with E-state index in [9.17, 15) is 4.79 Å². The first-order valence-electron chi connectivity index (χ1n) is 7.25. The van der Waals surface area contributed by atoms with Gasteiger partial charge in [0.2, 0.25) is 5.91 Å². The molecule has 0 spiro atoms. The third-order valence-electron chi connectivity index (χ3n) is 3.13. The lowest BCUT2D eigenvalue weighted by Crippen LogP contribution is -2.11. The molecule has 1 amide bonds. The summed E-state index contributed by atoms with van der Waals surface area (Å²) in [6, 6.07) is 5.49. The van der Waals surface area contributed by atoms with Crippen LogP contribution >= 0.6 is 24.8 Å². The number of hydrogen-bond donors (Lipinski definition) is 2. The van der Waals surface area contributed by atoms with E-state index in [2.05, 4.69) is 15.4 Å². The second-order valence-corrected chi connectivity index (χ2v) is 4.86. The van der Waals surface area contributed by atoms with E-state index in [1.54, 1.807) is 17.1 Å². The number of rotatable bonds is 8. The number of anilines is 1. The van der Waals surface area contributed by atoms with Crippen LogP contribution in [0.1, 0.15) is 32.1 Å². The molecule has 2 heterocycles. The van der Waals surface area contributed by atoms with Crippen LogP contribution in [0.4, 0.5) is 5.69 Å². The molecule has 0 saturated carbocycles. The number of carbonyl (C=O) groups excluding carboxylic acids is 1. The molecule has 0 aliphatic heterocycles. The molecule has 3 N–H and O–H groups in total. The molecule has 0 atom stereocenters. The van der Waals surface area contributed by atoms with Gasteiger partial charge >= 0.3 is 0 Å². The summed E-state index contributed by atoms with van der Waals surface area (Å²) in [4.78, 5) is 16.0. The van der Waals surface area contributed by atoms with Gasteiger partial charge in [0.25, 0.3) is 0 Å². The molecule has 2 rings (SSSR count). The van der Waals surface area contributed by atoms with Crippen molar-refractivity contribution in [1.82, 2.24) is 14.8 Å². The van der Waals surface area contributed by atoms with Gasteiger partial charge in [-0.2, -0.15) is 5.10 Å². The summed E-state index contributed by atoms with van der Waals surface area (Å²) < 4.78 is 1.67. The van der Waals surface area contributed by atoms with E-state index in [-0.39, 0.29) is 30.7 Å². The van der Waals surface area contributed by atoms with Crippen LogP contribution in [-0.4, -0.2) is 27.2 Å². The van der Waals surface area contributed by atoms with Crippen LogP contribution in [-0.2, 0) is 4.79 Å². The Morgan fingerprint density at radius 3 is 2.57 bits per heavy atom. The molecule has 0 radical (unpaired) electrons. The molecule has 0 saturated heterocycles. The lowest BCUT2D eigenvalue weighted by atomic mass is 10.1. The van der Waals surface area contributed by atoms with Crippen molar-refractivity contribution < 1.29 is 4.79 Å². The Balaban J connectivity index is 0.00000242. The molecule has 0 fully saturated rings. The van der Waals surface area contributed by atoms with Gasteiger partial charge in [0, 0.05) is 18.8 Å². The lowest BCUT2D eigenvalue weighted by Gasteiger charge is -2.06. The monoisotopic (exact) mass is 359 g/mol. The van der Waals surface area contributed by atoms with Crippen LogP contribution in [0.25, 0.3) is 5.82 Å². The zero-order valence-corrected chi connectivity index (χ0v) is 14.5. The molecule has 2 aromatic heterocycles. The van der Waals surface area contributed by atoms with Gasteiger partial charge < -0.3 is 11.1 Å². The van der Waals surface area contributed by atoms with Crippen LogP contribution in [0.3, 0.4) is 0 Å². The molecule has 0 aromatic carbocycles. The van der Waals surface area contributed by atoms with E-state index in [0.29, 0.717) is 12.1 Å². The molecule has 23 heavy (non-hydrogen) atoms. The Hall–Kier alpha value is -1.63. The van der Waals surface area contributed by atoms with Crippen molar-refractivity contribution in [3.05, 3.63) is 36.8 Å². The molecule has 0 unspecified atom stereocenters. The molecular formula is C15H23Cl2N5O. The topological polar surface area (TPSA) is 85.8 Å². The van der Waals surface area contributed by atoms with Gasteiger partial charge in [-0.1, -0.05) is 12.8 Å². The smallest absolute Gasteiger partial charge is 0.224 e. The molecule has 0 aliphatic carbocycles. The fourth-order valence-corrected chi connectivity index (χ4v) is 2.01. The normalized spacial score (nSPS) is 9.61. The SMILES string of the molecule is Cl.Cl.NCCCCCCC(=O)Nc1ccc(-n2cccn2)nc1. The van der Waals surface area contributed by atoms with Crippen LogP contribution in [0.2, 0.25) is 0 Å². The first kappa shape index (κ1) is 21.4. The quantitative estimate of drug-likeness (QED) is 0.709. The highest BCUT2D eigenvalue weighted by Crippen LogP contribution is 2.10. The number of pyridine rings is 1. The summed E-state index contributed by atoms with van der Waals surface area (Å²) in [5.41, 5.74) is 6.13. The van der Waals surface area contributed by atoms with Gasteiger partial charge in [0.15, 0.2) is 5.82 Å². The number of nitrogens with one attached hydrogen (secondary N) is 1. The van der Waals surface area contributed by atoms with E-state index in [0.717, 1.165) is 38.0 Å². The van der Waals surface area contributed by atoms with Gasteiger partial charge in [-0.25, -0.2) is 9.67 Å². The van der Waals surface area contributed by atoms with Gasteiger partial charge in [0.05, 0.1) is 11.9 Å². The standard InChI is InChI=1S/C15H21N5O.2ClH/c16-9-4-2-1-3-6-15(21)19-13-7-8-14(17-12-13)20-11-5-10-18-20;;/h5,7-8,10-12H,1-4,6,9,16H2,(H,19,21);2*1H. The van der Waals surface area contributed by atoms with Gasteiger partial charge in [-0.3, -0.25) is 4.79 Å². The molecule has 6 nitrogen and oxygen atoms in total.